The number of amides is 2. The maximum Gasteiger partial charge on any atom is 0.258 e. The molecule has 1 unspecified atom stereocenters. The van der Waals surface area contributed by atoms with Gasteiger partial charge in [-0.15, -0.1) is 26.3 Å². The first-order chi connectivity index (χ1) is 10.2. The van der Waals surface area contributed by atoms with Gasteiger partial charge in [0.05, 0.1) is 5.69 Å². The van der Waals surface area contributed by atoms with Crippen LogP contribution in [0.3, 0.4) is 0 Å². The van der Waals surface area contributed by atoms with Gasteiger partial charge in [0, 0.05) is 0 Å². The standard InChI is InChI=1S/C13H16N2O2.2C2H4/c1-2-3-9-11-12(16)14-15(13(11)17)10-7-5-4-6-8-10;2*1-2/h4-8,11H,2-3,9H2,1H3,(H,14,16);2*1-2H2. The van der Waals surface area contributed by atoms with Crippen LogP contribution >= 0.6 is 0 Å². The van der Waals surface area contributed by atoms with Crippen LogP contribution in [0.2, 0.25) is 0 Å². The monoisotopic (exact) mass is 288 g/mol. The average Bonchev–Trinajstić information content (AvgIpc) is 2.85. The first-order valence-electron chi connectivity index (χ1n) is 6.93. The molecule has 2 amide bonds. The molecule has 1 aliphatic rings. The topological polar surface area (TPSA) is 49.4 Å². The van der Waals surface area contributed by atoms with Gasteiger partial charge in [0.2, 0.25) is 0 Å². The van der Waals surface area contributed by atoms with E-state index in [9.17, 15) is 9.59 Å². The second-order valence-corrected chi connectivity index (χ2v) is 4.18. The molecule has 0 aromatic heterocycles. The van der Waals surface area contributed by atoms with Crippen molar-refractivity contribution < 1.29 is 9.59 Å². The molecule has 0 saturated carbocycles. The van der Waals surface area contributed by atoms with E-state index in [1.165, 1.54) is 5.01 Å². The fourth-order valence-electron chi connectivity index (χ4n) is 1.94. The van der Waals surface area contributed by atoms with Crippen molar-refractivity contribution in [3.05, 3.63) is 56.6 Å². The van der Waals surface area contributed by atoms with Crippen molar-refractivity contribution >= 4 is 17.5 Å². The lowest BCUT2D eigenvalue weighted by atomic mass is 10.0. The minimum Gasteiger partial charge on any atom is -0.272 e. The largest absolute Gasteiger partial charge is 0.272 e. The Kier molecular flexibility index (Phi) is 9.26. The summed E-state index contributed by atoms with van der Waals surface area (Å²) in [5.41, 5.74) is 3.34. The van der Waals surface area contributed by atoms with E-state index in [0.717, 1.165) is 12.8 Å². The maximum atomic E-state index is 12.1. The summed E-state index contributed by atoms with van der Waals surface area (Å²) in [5, 5.41) is 1.35. The van der Waals surface area contributed by atoms with Gasteiger partial charge >= 0.3 is 0 Å². The van der Waals surface area contributed by atoms with Crippen molar-refractivity contribution in [1.82, 2.24) is 5.43 Å². The molecule has 0 spiro atoms. The minimum atomic E-state index is -0.518. The summed E-state index contributed by atoms with van der Waals surface area (Å²) in [6, 6.07) is 9.17. The van der Waals surface area contributed by atoms with Crippen LogP contribution in [-0.2, 0) is 9.59 Å². The number of rotatable bonds is 4. The maximum absolute atomic E-state index is 12.1. The van der Waals surface area contributed by atoms with Gasteiger partial charge in [-0.05, 0) is 18.6 Å². The van der Waals surface area contributed by atoms with E-state index < -0.39 is 5.92 Å². The van der Waals surface area contributed by atoms with E-state index in [1.807, 2.05) is 25.1 Å². The quantitative estimate of drug-likeness (QED) is 0.681. The Hall–Kier alpha value is -2.36. The molecule has 21 heavy (non-hydrogen) atoms. The van der Waals surface area contributed by atoms with Gasteiger partial charge in [0.15, 0.2) is 0 Å². The van der Waals surface area contributed by atoms with E-state index in [-0.39, 0.29) is 11.8 Å². The zero-order chi connectivity index (χ0) is 16.3. The molecular weight excluding hydrogens is 264 g/mol. The predicted octanol–water partition coefficient (Wildman–Crippen LogP) is 3.48. The summed E-state index contributed by atoms with van der Waals surface area (Å²) in [5.74, 6) is -0.850. The number of benzene rings is 1. The third kappa shape index (κ3) is 4.91. The molecule has 4 nitrogen and oxygen atoms in total. The van der Waals surface area contributed by atoms with Crippen LogP contribution in [0.4, 0.5) is 5.69 Å². The normalized spacial score (nSPS) is 16.2. The molecule has 1 aromatic rings. The SMILES string of the molecule is C=C.C=C.CCCCC1C(=O)NN(c2ccccc2)C1=O. The van der Waals surface area contributed by atoms with Gasteiger partial charge in [0.25, 0.3) is 11.8 Å². The highest BCUT2D eigenvalue weighted by Gasteiger charge is 2.39. The van der Waals surface area contributed by atoms with Crippen LogP contribution in [0.25, 0.3) is 0 Å². The molecule has 1 N–H and O–H groups in total. The molecule has 1 aromatic carbocycles. The molecule has 0 radical (unpaired) electrons. The molecule has 0 aliphatic carbocycles. The van der Waals surface area contributed by atoms with Gasteiger partial charge in [0.1, 0.15) is 5.92 Å². The van der Waals surface area contributed by atoms with Crippen LogP contribution < -0.4 is 10.4 Å². The van der Waals surface area contributed by atoms with Gasteiger partial charge < -0.3 is 0 Å². The number of unbranched alkanes of at least 4 members (excludes halogenated alkanes) is 1. The second kappa shape index (κ2) is 10.4. The number of hydrazine groups is 1. The number of para-hydroxylation sites is 1. The van der Waals surface area contributed by atoms with Crippen molar-refractivity contribution in [2.75, 3.05) is 5.01 Å². The number of hydrogen-bond donors (Lipinski definition) is 1. The van der Waals surface area contributed by atoms with Crippen molar-refractivity contribution in [1.29, 1.82) is 0 Å². The smallest absolute Gasteiger partial charge is 0.258 e. The first kappa shape index (κ1) is 18.6. The van der Waals surface area contributed by atoms with E-state index >= 15 is 0 Å². The molecule has 1 fully saturated rings. The van der Waals surface area contributed by atoms with E-state index in [4.69, 9.17) is 0 Å². The summed E-state index contributed by atoms with van der Waals surface area (Å²) in [4.78, 5) is 23.8. The Labute approximate surface area is 127 Å². The molecular formula is C17H24N2O2. The van der Waals surface area contributed by atoms with Crippen LogP contribution in [0, 0.1) is 5.92 Å². The molecule has 4 heteroatoms. The van der Waals surface area contributed by atoms with Crippen LogP contribution in [-0.4, -0.2) is 11.8 Å². The minimum absolute atomic E-state index is 0.144. The third-order valence-corrected chi connectivity index (χ3v) is 2.92. The fourth-order valence-corrected chi connectivity index (χ4v) is 1.94. The molecule has 1 heterocycles. The number of hydrogen-bond acceptors (Lipinski definition) is 2. The number of carbonyl (C=O) groups excluding carboxylic acids is 2. The Morgan fingerprint density at radius 3 is 2.19 bits per heavy atom. The highest BCUT2D eigenvalue weighted by molar-refractivity contribution is 6.14. The number of nitrogens with zero attached hydrogens (tertiary/aromatic N) is 1. The molecule has 1 aliphatic heterocycles. The number of nitrogens with one attached hydrogen (secondary N) is 1. The van der Waals surface area contributed by atoms with Gasteiger partial charge in [-0.3, -0.25) is 15.0 Å². The zero-order valence-electron chi connectivity index (χ0n) is 12.7. The van der Waals surface area contributed by atoms with E-state index in [2.05, 4.69) is 31.7 Å². The molecule has 0 bridgehead atoms. The van der Waals surface area contributed by atoms with Gasteiger partial charge in [-0.2, -0.15) is 0 Å². The lowest BCUT2D eigenvalue weighted by Crippen LogP contribution is -2.35. The molecule has 114 valence electrons. The van der Waals surface area contributed by atoms with E-state index in [1.54, 1.807) is 12.1 Å². The van der Waals surface area contributed by atoms with Gasteiger partial charge in [-0.25, -0.2) is 5.01 Å². The van der Waals surface area contributed by atoms with Crippen LogP contribution in [0.1, 0.15) is 26.2 Å². The zero-order valence-corrected chi connectivity index (χ0v) is 12.7. The number of carbonyl (C=O) groups is 2. The van der Waals surface area contributed by atoms with Crippen molar-refractivity contribution in [3.8, 4) is 0 Å². The van der Waals surface area contributed by atoms with E-state index in [0.29, 0.717) is 12.1 Å². The first-order valence-corrected chi connectivity index (χ1v) is 6.93. The highest BCUT2D eigenvalue weighted by Crippen LogP contribution is 2.22. The Morgan fingerprint density at radius 1 is 1.10 bits per heavy atom. The average molecular weight is 288 g/mol. The highest BCUT2D eigenvalue weighted by atomic mass is 16.2. The number of anilines is 1. The van der Waals surface area contributed by atoms with Gasteiger partial charge in [-0.1, -0.05) is 38.0 Å². The summed E-state index contributed by atoms with van der Waals surface area (Å²) < 4.78 is 0. The Balaban J connectivity index is 0.000000921. The van der Waals surface area contributed by atoms with Crippen LogP contribution in [0.15, 0.2) is 56.6 Å². The molecule has 1 atom stereocenters. The summed E-state index contributed by atoms with van der Waals surface area (Å²) >= 11 is 0. The Morgan fingerprint density at radius 2 is 1.67 bits per heavy atom. The summed E-state index contributed by atoms with van der Waals surface area (Å²) in [7, 11) is 0. The lowest BCUT2D eigenvalue weighted by Gasteiger charge is -2.14. The predicted molar refractivity (Wildman–Crippen MR) is 87.6 cm³/mol. The van der Waals surface area contributed by atoms with Crippen molar-refractivity contribution in [2.45, 2.75) is 26.2 Å². The van der Waals surface area contributed by atoms with Crippen molar-refractivity contribution in [2.24, 2.45) is 5.92 Å². The second-order valence-electron chi connectivity index (χ2n) is 4.18. The van der Waals surface area contributed by atoms with Crippen molar-refractivity contribution in [3.63, 3.8) is 0 Å². The Bertz CT molecular complexity index is 443. The molecule has 2 rings (SSSR count). The van der Waals surface area contributed by atoms with Crippen LogP contribution in [0.5, 0.6) is 0 Å². The molecule has 1 saturated heterocycles. The summed E-state index contributed by atoms with van der Waals surface area (Å²) in [6.45, 7) is 14.0. The summed E-state index contributed by atoms with van der Waals surface area (Å²) in [6.07, 6.45) is 2.51. The lowest BCUT2D eigenvalue weighted by molar-refractivity contribution is -0.127. The fraction of sp³-hybridized carbons (Fsp3) is 0.294. The third-order valence-electron chi connectivity index (χ3n) is 2.92.